The SMILES string of the molecule is Cc1ccc(C(=O)NC(Cc2ccccc2)C(=O)Nc2cc(C(C)(C)C)nn2-c2ccccc2C)cc1. The van der Waals surface area contributed by atoms with E-state index in [1.807, 2.05) is 86.6 Å². The fourth-order valence-electron chi connectivity index (χ4n) is 4.04. The summed E-state index contributed by atoms with van der Waals surface area (Å²) >= 11 is 0. The third kappa shape index (κ3) is 6.33. The molecule has 0 radical (unpaired) electrons. The summed E-state index contributed by atoms with van der Waals surface area (Å²) in [5.41, 5.74) is 5.10. The van der Waals surface area contributed by atoms with E-state index in [9.17, 15) is 9.59 Å². The zero-order valence-electron chi connectivity index (χ0n) is 22.1. The molecular weight excluding hydrogens is 460 g/mol. The molecule has 2 amide bonds. The molecule has 0 spiro atoms. The van der Waals surface area contributed by atoms with Crippen LogP contribution in [0.2, 0.25) is 0 Å². The van der Waals surface area contributed by atoms with Gasteiger partial charge in [0.25, 0.3) is 5.91 Å². The molecule has 37 heavy (non-hydrogen) atoms. The average molecular weight is 495 g/mol. The number of aromatic nitrogens is 2. The Hall–Kier alpha value is -4.19. The molecule has 0 aliphatic rings. The molecule has 1 heterocycles. The van der Waals surface area contributed by atoms with E-state index in [2.05, 4.69) is 31.4 Å². The summed E-state index contributed by atoms with van der Waals surface area (Å²) in [6, 6.07) is 26.0. The van der Waals surface area contributed by atoms with Crippen molar-refractivity contribution in [3.05, 3.63) is 113 Å². The zero-order valence-corrected chi connectivity index (χ0v) is 22.1. The second-order valence-corrected chi connectivity index (χ2v) is 10.4. The van der Waals surface area contributed by atoms with Crippen LogP contribution >= 0.6 is 0 Å². The molecule has 0 bridgehead atoms. The van der Waals surface area contributed by atoms with Crippen molar-refractivity contribution < 1.29 is 9.59 Å². The van der Waals surface area contributed by atoms with Gasteiger partial charge in [-0.05, 0) is 43.2 Å². The van der Waals surface area contributed by atoms with E-state index in [4.69, 9.17) is 5.10 Å². The summed E-state index contributed by atoms with van der Waals surface area (Å²) in [6.45, 7) is 10.2. The van der Waals surface area contributed by atoms with Crippen LogP contribution in [0.5, 0.6) is 0 Å². The minimum absolute atomic E-state index is 0.212. The van der Waals surface area contributed by atoms with Gasteiger partial charge in [-0.15, -0.1) is 0 Å². The molecule has 0 saturated carbocycles. The normalized spacial score (nSPS) is 12.1. The Kier molecular flexibility index (Phi) is 7.58. The van der Waals surface area contributed by atoms with Crippen molar-refractivity contribution in [2.24, 2.45) is 0 Å². The Bertz CT molecular complexity index is 1380. The quantitative estimate of drug-likeness (QED) is 0.343. The Morgan fingerprint density at radius 1 is 0.892 bits per heavy atom. The molecule has 1 atom stereocenters. The highest BCUT2D eigenvalue weighted by atomic mass is 16.2. The first-order valence-electron chi connectivity index (χ1n) is 12.5. The summed E-state index contributed by atoms with van der Waals surface area (Å²) < 4.78 is 1.77. The topological polar surface area (TPSA) is 76.0 Å². The maximum atomic E-state index is 13.7. The third-order valence-electron chi connectivity index (χ3n) is 6.29. The van der Waals surface area contributed by atoms with Crippen LogP contribution in [0.25, 0.3) is 5.69 Å². The van der Waals surface area contributed by atoms with E-state index in [0.29, 0.717) is 17.8 Å². The number of carbonyl (C=O) groups is 2. The molecule has 3 aromatic carbocycles. The number of carbonyl (C=O) groups excluding carboxylic acids is 2. The van der Waals surface area contributed by atoms with Crippen LogP contribution < -0.4 is 10.6 Å². The molecule has 2 N–H and O–H groups in total. The number of anilines is 1. The zero-order chi connectivity index (χ0) is 26.6. The lowest BCUT2D eigenvalue weighted by Crippen LogP contribution is -2.45. The molecule has 6 heteroatoms. The molecule has 6 nitrogen and oxygen atoms in total. The third-order valence-corrected chi connectivity index (χ3v) is 6.29. The van der Waals surface area contributed by atoms with Gasteiger partial charge in [-0.3, -0.25) is 9.59 Å². The lowest BCUT2D eigenvalue weighted by molar-refractivity contribution is -0.118. The number of para-hydroxylation sites is 1. The number of nitrogens with one attached hydrogen (secondary N) is 2. The van der Waals surface area contributed by atoms with Crippen LogP contribution in [0.15, 0.2) is 84.9 Å². The van der Waals surface area contributed by atoms with E-state index in [1.165, 1.54) is 0 Å². The highest BCUT2D eigenvalue weighted by Gasteiger charge is 2.26. The number of nitrogens with zero attached hydrogens (tertiary/aromatic N) is 2. The second-order valence-electron chi connectivity index (χ2n) is 10.4. The van der Waals surface area contributed by atoms with Crippen molar-refractivity contribution in [1.29, 1.82) is 0 Å². The minimum atomic E-state index is -0.783. The van der Waals surface area contributed by atoms with Gasteiger partial charge in [0.15, 0.2) is 0 Å². The van der Waals surface area contributed by atoms with Crippen molar-refractivity contribution >= 4 is 17.6 Å². The number of aryl methyl sites for hydroxylation is 2. The van der Waals surface area contributed by atoms with E-state index in [-0.39, 0.29) is 17.2 Å². The summed E-state index contributed by atoms with van der Waals surface area (Å²) in [5, 5.41) is 10.9. The van der Waals surface area contributed by atoms with E-state index in [1.54, 1.807) is 16.8 Å². The lowest BCUT2D eigenvalue weighted by Gasteiger charge is -2.19. The van der Waals surface area contributed by atoms with Gasteiger partial charge in [-0.1, -0.05) is 87.0 Å². The summed E-state index contributed by atoms with van der Waals surface area (Å²) in [6.07, 6.45) is 0.356. The first-order valence-corrected chi connectivity index (χ1v) is 12.5. The molecule has 0 aliphatic carbocycles. The van der Waals surface area contributed by atoms with Crippen molar-refractivity contribution in [3.63, 3.8) is 0 Å². The Morgan fingerprint density at radius 2 is 1.54 bits per heavy atom. The van der Waals surface area contributed by atoms with Gasteiger partial charge < -0.3 is 10.6 Å². The van der Waals surface area contributed by atoms with Crippen molar-refractivity contribution in [1.82, 2.24) is 15.1 Å². The Balaban J connectivity index is 1.66. The highest BCUT2D eigenvalue weighted by Crippen LogP contribution is 2.27. The molecule has 0 fully saturated rings. The molecule has 0 saturated heterocycles. The van der Waals surface area contributed by atoms with Crippen molar-refractivity contribution in [2.75, 3.05) is 5.32 Å². The number of amides is 2. The monoisotopic (exact) mass is 494 g/mol. The first kappa shape index (κ1) is 25.9. The number of hydrogen-bond acceptors (Lipinski definition) is 3. The van der Waals surface area contributed by atoms with Crippen LogP contribution in [-0.2, 0) is 16.6 Å². The van der Waals surface area contributed by atoms with E-state index in [0.717, 1.165) is 28.1 Å². The average Bonchev–Trinajstić information content (AvgIpc) is 3.29. The summed E-state index contributed by atoms with van der Waals surface area (Å²) in [4.78, 5) is 26.8. The molecule has 0 aliphatic heterocycles. The van der Waals surface area contributed by atoms with Gasteiger partial charge in [0.1, 0.15) is 11.9 Å². The van der Waals surface area contributed by atoms with Crippen LogP contribution in [0.3, 0.4) is 0 Å². The standard InChI is InChI=1S/C31H34N4O2/c1-21-15-17-24(18-16-21)29(36)32-25(19-23-12-7-6-8-13-23)30(37)33-28-20-27(31(3,4)5)34-35(28)26-14-10-9-11-22(26)2/h6-18,20,25H,19H2,1-5H3,(H,32,36)(H,33,37). The highest BCUT2D eigenvalue weighted by molar-refractivity contribution is 6.01. The fourth-order valence-corrected chi connectivity index (χ4v) is 4.04. The first-order chi connectivity index (χ1) is 17.6. The van der Waals surface area contributed by atoms with Gasteiger partial charge in [0, 0.05) is 23.5 Å². The predicted molar refractivity (Wildman–Crippen MR) is 148 cm³/mol. The van der Waals surface area contributed by atoms with Gasteiger partial charge in [0.2, 0.25) is 5.91 Å². The molecule has 190 valence electrons. The van der Waals surface area contributed by atoms with Crippen molar-refractivity contribution in [2.45, 2.75) is 52.5 Å². The molecule has 1 unspecified atom stereocenters. The number of rotatable bonds is 7. The molecular formula is C31H34N4O2. The van der Waals surface area contributed by atoms with E-state index < -0.39 is 6.04 Å². The predicted octanol–water partition coefficient (Wildman–Crippen LogP) is 5.77. The molecule has 4 rings (SSSR count). The summed E-state index contributed by atoms with van der Waals surface area (Å²) in [7, 11) is 0. The van der Waals surface area contributed by atoms with Gasteiger partial charge in [0.05, 0.1) is 11.4 Å². The van der Waals surface area contributed by atoms with E-state index >= 15 is 0 Å². The maximum Gasteiger partial charge on any atom is 0.251 e. The molecule has 4 aromatic rings. The van der Waals surface area contributed by atoms with Gasteiger partial charge in [-0.2, -0.15) is 5.10 Å². The molecule has 1 aromatic heterocycles. The lowest BCUT2D eigenvalue weighted by atomic mass is 9.92. The largest absolute Gasteiger partial charge is 0.340 e. The second kappa shape index (κ2) is 10.8. The van der Waals surface area contributed by atoms with Crippen LogP contribution in [-0.4, -0.2) is 27.6 Å². The summed E-state index contributed by atoms with van der Waals surface area (Å²) in [5.74, 6) is -0.0368. The Morgan fingerprint density at radius 3 is 2.19 bits per heavy atom. The van der Waals surface area contributed by atoms with Crippen LogP contribution in [0.4, 0.5) is 5.82 Å². The fraction of sp³-hybridized carbons (Fsp3) is 0.258. The number of hydrogen-bond donors (Lipinski definition) is 2. The van der Waals surface area contributed by atoms with Crippen LogP contribution in [0, 0.1) is 13.8 Å². The minimum Gasteiger partial charge on any atom is -0.340 e. The Labute approximate surface area is 218 Å². The number of benzene rings is 3. The smallest absolute Gasteiger partial charge is 0.251 e. The van der Waals surface area contributed by atoms with Gasteiger partial charge in [-0.25, -0.2) is 4.68 Å². The van der Waals surface area contributed by atoms with Crippen LogP contribution in [0.1, 0.15) is 53.5 Å². The maximum absolute atomic E-state index is 13.7. The van der Waals surface area contributed by atoms with Crippen molar-refractivity contribution in [3.8, 4) is 5.69 Å². The van der Waals surface area contributed by atoms with Gasteiger partial charge >= 0.3 is 0 Å².